The van der Waals surface area contributed by atoms with Crippen LogP contribution in [0.5, 0.6) is 0 Å². The van der Waals surface area contributed by atoms with Gasteiger partial charge in [-0.15, -0.1) is 0 Å². The monoisotopic (exact) mass is 361 g/mol. The smallest absolute Gasteiger partial charge is 0.123 e. The third-order valence-corrected chi connectivity index (χ3v) is 4.94. The van der Waals surface area contributed by atoms with Crippen LogP contribution in [0.15, 0.2) is 54.6 Å². The van der Waals surface area contributed by atoms with Crippen LogP contribution in [0.4, 0.5) is 10.1 Å². The van der Waals surface area contributed by atoms with Gasteiger partial charge in [0.15, 0.2) is 0 Å². The Morgan fingerprint density at radius 3 is 2.40 bits per heavy atom. The van der Waals surface area contributed by atoms with Crippen LogP contribution in [0.2, 0.25) is 0 Å². The third-order valence-electron chi connectivity index (χ3n) is 4.61. The lowest BCUT2D eigenvalue weighted by atomic mass is 10.2. The molecule has 134 valence electrons. The highest BCUT2D eigenvalue weighted by atomic mass is 32.1. The lowest BCUT2D eigenvalue weighted by molar-refractivity contribution is -0.900. The van der Waals surface area contributed by atoms with Gasteiger partial charge in [0, 0.05) is 5.69 Å². The molecule has 0 amide bonds. The molecule has 0 saturated carbocycles. The standard InChI is InChI=1S/C20H25FN2OS/c21-18-6-8-19(9-7-18)23-12-10-22(11-13-23)14-20(25)16-24-15-17-4-2-1-3-5-17/h1-9,20,25H,10-16H2/p+1/t20-/m1/s1. The van der Waals surface area contributed by atoms with E-state index in [9.17, 15) is 4.39 Å². The zero-order valence-corrected chi connectivity index (χ0v) is 15.3. The maximum atomic E-state index is 13.0. The molecule has 0 bridgehead atoms. The summed E-state index contributed by atoms with van der Waals surface area (Å²) in [6.07, 6.45) is 0. The molecule has 5 heteroatoms. The molecule has 0 aliphatic carbocycles. The van der Waals surface area contributed by atoms with Crippen molar-refractivity contribution in [3.05, 3.63) is 66.0 Å². The second-order valence-corrected chi connectivity index (χ2v) is 7.30. The van der Waals surface area contributed by atoms with Crippen LogP contribution >= 0.6 is 12.6 Å². The Morgan fingerprint density at radius 1 is 1.04 bits per heavy atom. The molecule has 1 atom stereocenters. The normalized spacial score (nSPS) is 16.8. The fraction of sp³-hybridized carbons (Fsp3) is 0.400. The van der Waals surface area contributed by atoms with Crippen LogP contribution in [0.3, 0.4) is 0 Å². The summed E-state index contributed by atoms with van der Waals surface area (Å²) < 4.78 is 18.8. The zero-order chi connectivity index (χ0) is 17.5. The topological polar surface area (TPSA) is 16.9 Å². The molecule has 3 rings (SSSR count). The number of hydrogen-bond donors (Lipinski definition) is 2. The van der Waals surface area contributed by atoms with Crippen molar-refractivity contribution in [2.75, 3.05) is 44.2 Å². The van der Waals surface area contributed by atoms with Crippen molar-refractivity contribution in [2.45, 2.75) is 11.9 Å². The van der Waals surface area contributed by atoms with E-state index in [0.717, 1.165) is 38.4 Å². The highest BCUT2D eigenvalue weighted by Crippen LogP contribution is 2.14. The van der Waals surface area contributed by atoms with Crippen molar-refractivity contribution >= 4 is 18.3 Å². The van der Waals surface area contributed by atoms with Crippen molar-refractivity contribution in [2.24, 2.45) is 0 Å². The summed E-state index contributed by atoms with van der Waals surface area (Å²) in [5, 5.41) is 0.246. The first-order valence-corrected chi connectivity index (χ1v) is 9.36. The van der Waals surface area contributed by atoms with Gasteiger partial charge >= 0.3 is 0 Å². The second-order valence-electron chi connectivity index (χ2n) is 6.57. The highest BCUT2D eigenvalue weighted by Gasteiger charge is 2.22. The Hall–Kier alpha value is -1.56. The number of ether oxygens (including phenoxy) is 1. The molecule has 1 saturated heterocycles. The van der Waals surface area contributed by atoms with Crippen LogP contribution in [0.1, 0.15) is 5.56 Å². The number of nitrogens with one attached hydrogen (secondary N) is 1. The van der Waals surface area contributed by atoms with Crippen LogP contribution in [-0.2, 0) is 11.3 Å². The number of halogens is 1. The molecule has 1 N–H and O–H groups in total. The van der Waals surface area contributed by atoms with Gasteiger partial charge < -0.3 is 14.5 Å². The Bertz CT molecular complexity index is 630. The number of nitrogens with zero attached hydrogens (tertiary/aromatic N) is 1. The minimum atomic E-state index is -0.179. The van der Waals surface area contributed by atoms with Gasteiger partial charge in [0.1, 0.15) is 5.82 Å². The Labute approximate surface area is 154 Å². The fourth-order valence-corrected chi connectivity index (χ4v) is 3.58. The lowest BCUT2D eigenvalue weighted by Gasteiger charge is -2.34. The first kappa shape index (κ1) is 18.2. The molecular formula is C20H26FN2OS+. The van der Waals surface area contributed by atoms with E-state index in [-0.39, 0.29) is 11.1 Å². The van der Waals surface area contributed by atoms with Crippen molar-refractivity contribution in [1.82, 2.24) is 0 Å². The molecule has 0 spiro atoms. The van der Waals surface area contributed by atoms with Gasteiger partial charge in [0.2, 0.25) is 0 Å². The maximum absolute atomic E-state index is 13.0. The summed E-state index contributed by atoms with van der Waals surface area (Å²) >= 11 is 4.69. The van der Waals surface area contributed by atoms with Gasteiger partial charge in [-0.1, -0.05) is 30.3 Å². The second kappa shape index (κ2) is 9.22. The summed E-state index contributed by atoms with van der Waals surface area (Å²) in [6, 6.07) is 17.0. The molecule has 25 heavy (non-hydrogen) atoms. The summed E-state index contributed by atoms with van der Waals surface area (Å²) in [5.74, 6) is -0.179. The molecule has 1 aliphatic rings. The number of benzene rings is 2. The zero-order valence-electron chi connectivity index (χ0n) is 14.4. The van der Waals surface area contributed by atoms with Crippen LogP contribution in [0, 0.1) is 5.82 Å². The third kappa shape index (κ3) is 5.73. The van der Waals surface area contributed by atoms with Crippen LogP contribution < -0.4 is 9.80 Å². The summed E-state index contributed by atoms with van der Waals surface area (Å²) in [4.78, 5) is 3.88. The van der Waals surface area contributed by atoms with E-state index < -0.39 is 0 Å². The fourth-order valence-electron chi connectivity index (χ4n) is 3.22. The van der Waals surface area contributed by atoms with E-state index in [2.05, 4.69) is 29.7 Å². The molecule has 0 unspecified atom stereocenters. The molecule has 3 nitrogen and oxygen atoms in total. The van der Waals surface area contributed by atoms with E-state index in [1.807, 2.05) is 30.3 Å². The van der Waals surface area contributed by atoms with Crippen LogP contribution in [0.25, 0.3) is 0 Å². The molecule has 0 aromatic heterocycles. The van der Waals surface area contributed by atoms with Crippen molar-refractivity contribution in [1.29, 1.82) is 0 Å². The van der Waals surface area contributed by atoms with Crippen LogP contribution in [-0.4, -0.2) is 44.6 Å². The number of piperazine rings is 1. The number of anilines is 1. The first-order chi connectivity index (χ1) is 12.2. The summed E-state index contributed by atoms with van der Waals surface area (Å²) in [6.45, 7) is 6.46. The predicted octanol–water partition coefficient (Wildman–Crippen LogP) is 2.05. The average Bonchev–Trinajstić information content (AvgIpc) is 2.64. The highest BCUT2D eigenvalue weighted by molar-refractivity contribution is 7.81. The largest absolute Gasteiger partial charge is 0.375 e. The van der Waals surface area contributed by atoms with E-state index in [1.54, 1.807) is 4.90 Å². The van der Waals surface area contributed by atoms with Crippen molar-refractivity contribution in [3.63, 3.8) is 0 Å². The SMILES string of the molecule is Fc1ccc(N2CC[NH+](C[C@@H](S)COCc3ccccc3)CC2)cc1. The summed E-state index contributed by atoms with van der Waals surface area (Å²) in [7, 11) is 0. The average molecular weight is 362 g/mol. The molecule has 1 aliphatic heterocycles. The lowest BCUT2D eigenvalue weighted by Crippen LogP contribution is -3.15. The van der Waals surface area contributed by atoms with E-state index >= 15 is 0 Å². The van der Waals surface area contributed by atoms with E-state index in [4.69, 9.17) is 4.74 Å². The number of rotatable bonds is 7. The van der Waals surface area contributed by atoms with E-state index in [1.165, 1.54) is 17.7 Å². The number of hydrogen-bond acceptors (Lipinski definition) is 3. The van der Waals surface area contributed by atoms with E-state index in [0.29, 0.717) is 13.2 Å². The molecule has 2 aromatic rings. The van der Waals surface area contributed by atoms with Gasteiger partial charge in [-0.05, 0) is 29.8 Å². The Kier molecular flexibility index (Phi) is 6.73. The molecule has 0 radical (unpaired) electrons. The van der Waals surface area contributed by atoms with Gasteiger partial charge in [0.05, 0.1) is 51.2 Å². The van der Waals surface area contributed by atoms with Gasteiger partial charge in [-0.25, -0.2) is 4.39 Å². The van der Waals surface area contributed by atoms with Crippen molar-refractivity contribution < 1.29 is 14.0 Å². The van der Waals surface area contributed by atoms with Gasteiger partial charge in [0.25, 0.3) is 0 Å². The number of thiol groups is 1. The van der Waals surface area contributed by atoms with Gasteiger partial charge in [-0.2, -0.15) is 12.6 Å². The molecule has 1 fully saturated rings. The summed E-state index contributed by atoms with van der Waals surface area (Å²) in [5.41, 5.74) is 2.30. The molecule has 2 aromatic carbocycles. The molecule has 1 heterocycles. The van der Waals surface area contributed by atoms with Gasteiger partial charge in [-0.3, -0.25) is 0 Å². The molecular weight excluding hydrogens is 335 g/mol. The number of quaternary nitrogens is 1. The quantitative estimate of drug-likeness (QED) is 0.735. The Balaban J connectivity index is 1.36. The first-order valence-electron chi connectivity index (χ1n) is 8.84. The minimum absolute atomic E-state index is 0.179. The van der Waals surface area contributed by atoms with Crippen molar-refractivity contribution in [3.8, 4) is 0 Å². The minimum Gasteiger partial charge on any atom is -0.375 e. The predicted molar refractivity (Wildman–Crippen MR) is 103 cm³/mol. The maximum Gasteiger partial charge on any atom is 0.123 e. The Morgan fingerprint density at radius 2 is 1.72 bits per heavy atom.